The monoisotopic (exact) mass is 294 g/mol. The lowest BCUT2D eigenvalue weighted by Gasteiger charge is -2.12. The van der Waals surface area contributed by atoms with Gasteiger partial charge in [0.1, 0.15) is 0 Å². The van der Waals surface area contributed by atoms with Crippen LogP contribution in [0.25, 0.3) is 11.1 Å². The van der Waals surface area contributed by atoms with Gasteiger partial charge < -0.3 is 5.11 Å². The molecular weight excluding hydrogens is 281 g/mol. The van der Waals surface area contributed by atoms with E-state index in [0.717, 1.165) is 17.7 Å². The Morgan fingerprint density at radius 3 is 2.48 bits per heavy atom. The Balaban J connectivity index is 2.55. The van der Waals surface area contributed by atoms with Gasteiger partial charge in [0.2, 0.25) is 0 Å². The van der Waals surface area contributed by atoms with Crippen LogP contribution < -0.4 is 0 Å². The number of halogens is 3. The van der Waals surface area contributed by atoms with Gasteiger partial charge >= 0.3 is 12.1 Å². The molecule has 0 aromatic heterocycles. The van der Waals surface area contributed by atoms with Crippen LogP contribution in [0, 0.1) is 6.92 Å². The number of aliphatic carboxylic acids is 1. The van der Waals surface area contributed by atoms with E-state index in [-0.39, 0.29) is 6.42 Å². The highest BCUT2D eigenvalue weighted by Gasteiger charge is 2.30. The normalized spacial score (nSPS) is 11.4. The fourth-order valence-corrected chi connectivity index (χ4v) is 2.14. The van der Waals surface area contributed by atoms with Gasteiger partial charge in [-0.3, -0.25) is 4.79 Å². The molecule has 0 spiro atoms. The minimum atomic E-state index is -4.42. The molecule has 5 heteroatoms. The molecular formula is C16H13F3O2. The Hall–Kier alpha value is -2.30. The van der Waals surface area contributed by atoms with Crippen LogP contribution in [0.3, 0.4) is 0 Å². The van der Waals surface area contributed by atoms with Crippen LogP contribution in [0.5, 0.6) is 0 Å². The van der Waals surface area contributed by atoms with Crippen LogP contribution in [0.1, 0.15) is 16.7 Å². The number of aryl methyl sites for hydroxylation is 1. The first-order chi connectivity index (χ1) is 9.77. The van der Waals surface area contributed by atoms with E-state index in [1.54, 1.807) is 24.3 Å². The van der Waals surface area contributed by atoms with Gasteiger partial charge in [-0.2, -0.15) is 13.2 Å². The van der Waals surface area contributed by atoms with Crippen molar-refractivity contribution in [2.45, 2.75) is 19.5 Å². The molecule has 0 aliphatic carbocycles. The van der Waals surface area contributed by atoms with Gasteiger partial charge in [0.05, 0.1) is 12.0 Å². The van der Waals surface area contributed by atoms with E-state index in [9.17, 15) is 18.0 Å². The van der Waals surface area contributed by atoms with Crippen molar-refractivity contribution in [3.05, 3.63) is 59.2 Å². The molecule has 0 aliphatic rings. The van der Waals surface area contributed by atoms with Crippen LogP contribution >= 0.6 is 0 Å². The Morgan fingerprint density at radius 2 is 1.86 bits per heavy atom. The Morgan fingerprint density at radius 1 is 1.14 bits per heavy atom. The summed E-state index contributed by atoms with van der Waals surface area (Å²) in [6, 6.07) is 10.00. The number of carboxylic acids is 1. The van der Waals surface area contributed by atoms with Crippen molar-refractivity contribution in [1.82, 2.24) is 0 Å². The van der Waals surface area contributed by atoms with Gasteiger partial charge in [0, 0.05) is 0 Å². The largest absolute Gasteiger partial charge is 0.481 e. The molecule has 0 fully saturated rings. The van der Waals surface area contributed by atoms with Gasteiger partial charge in [0.15, 0.2) is 0 Å². The van der Waals surface area contributed by atoms with Crippen LogP contribution in [-0.2, 0) is 17.4 Å². The van der Waals surface area contributed by atoms with Crippen molar-refractivity contribution in [1.29, 1.82) is 0 Å². The average Bonchev–Trinajstić information content (AvgIpc) is 2.39. The molecule has 0 saturated heterocycles. The number of rotatable bonds is 3. The summed E-state index contributed by atoms with van der Waals surface area (Å²) in [6.07, 6.45) is -4.65. The smallest absolute Gasteiger partial charge is 0.416 e. The molecule has 21 heavy (non-hydrogen) atoms. The highest BCUT2D eigenvalue weighted by molar-refractivity contribution is 5.77. The third-order valence-electron chi connectivity index (χ3n) is 3.11. The third kappa shape index (κ3) is 3.62. The van der Waals surface area contributed by atoms with Crippen molar-refractivity contribution in [3.63, 3.8) is 0 Å². The van der Waals surface area contributed by atoms with E-state index in [1.807, 2.05) is 6.92 Å². The standard InChI is InChI=1S/C16H13F3O2/c1-10-5-6-12(9-15(20)21)14(7-10)11-3-2-4-13(8-11)16(17,18)19/h2-8H,9H2,1H3,(H,20,21). The molecule has 2 aromatic carbocycles. The minimum Gasteiger partial charge on any atom is -0.481 e. The van der Waals surface area contributed by atoms with Gasteiger partial charge in [0.25, 0.3) is 0 Å². The summed E-state index contributed by atoms with van der Waals surface area (Å²) in [5, 5.41) is 8.91. The molecule has 0 heterocycles. The second-order valence-corrected chi connectivity index (χ2v) is 4.81. The molecule has 110 valence electrons. The summed E-state index contributed by atoms with van der Waals surface area (Å²) < 4.78 is 38.3. The van der Waals surface area contributed by atoms with Gasteiger partial charge in [-0.25, -0.2) is 0 Å². The third-order valence-corrected chi connectivity index (χ3v) is 3.11. The summed E-state index contributed by atoms with van der Waals surface area (Å²) in [4.78, 5) is 10.9. The predicted octanol–water partition coefficient (Wildman–Crippen LogP) is 4.31. The van der Waals surface area contributed by atoms with Crippen molar-refractivity contribution < 1.29 is 23.1 Å². The Kier molecular flexibility index (Phi) is 4.02. The highest BCUT2D eigenvalue weighted by atomic mass is 19.4. The maximum Gasteiger partial charge on any atom is 0.416 e. The molecule has 0 saturated carbocycles. The molecule has 0 bridgehead atoms. The lowest BCUT2D eigenvalue weighted by atomic mass is 9.94. The van der Waals surface area contributed by atoms with Gasteiger partial charge in [-0.15, -0.1) is 0 Å². The van der Waals surface area contributed by atoms with Crippen LogP contribution in [0.15, 0.2) is 42.5 Å². The van der Waals surface area contributed by atoms with Crippen molar-refractivity contribution >= 4 is 5.97 Å². The van der Waals surface area contributed by atoms with E-state index < -0.39 is 17.7 Å². The molecule has 2 nitrogen and oxygen atoms in total. The lowest BCUT2D eigenvalue weighted by Crippen LogP contribution is -2.05. The number of hydrogen-bond donors (Lipinski definition) is 1. The van der Waals surface area contributed by atoms with Crippen molar-refractivity contribution in [2.24, 2.45) is 0 Å². The van der Waals surface area contributed by atoms with Crippen molar-refractivity contribution in [3.8, 4) is 11.1 Å². The number of hydrogen-bond acceptors (Lipinski definition) is 1. The van der Waals surface area contributed by atoms with E-state index in [1.165, 1.54) is 6.07 Å². The second-order valence-electron chi connectivity index (χ2n) is 4.81. The molecule has 2 aromatic rings. The zero-order chi connectivity index (χ0) is 15.6. The average molecular weight is 294 g/mol. The van der Waals surface area contributed by atoms with Gasteiger partial charge in [-0.05, 0) is 35.7 Å². The Labute approximate surface area is 119 Å². The lowest BCUT2D eigenvalue weighted by molar-refractivity contribution is -0.138. The first-order valence-corrected chi connectivity index (χ1v) is 6.26. The molecule has 0 aliphatic heterocycles. The molecule has 2 rings (SSSR count). The number of carboxylic acid groups (broad SMARTS) is 1. The first kappa shape index (κ1) is 15.1. The molecule has 1 N–H and O–H groups in total. The predicted molar refractivity (Wildman–Crippen MR) is 73.0 cm³/mol. The molecule has 0 atom stereocenters. The maximum atomic E-state index is 12.8. The second kappa shape index (κ2) is 5.60. The number of alkyl halides is 3. The summed E-state index contributed by atoms with van der Waals surface area (Å²) in [5.74, 6) is -1.02. The first-order valence-electron chi connectivity index (χ1n) is 6.26. The summed E-state index contributed by atoms with van der Waals surface area (Å²) >= 11 is 0. The topological polar surface area (TPSA) is 37.3 Å². The van der Waals surface area contributed by atoms with E-state index >= 15 is 0 Å². The number of benzene rings is 2. The van der Waals surface area contributed by atoms with Crippen LogP contribution in [0.4, 0.5) is 13.2 Å². The molecule has 0 amide bonds. The summed E-state index contributed by atoms with van der Waals surface area (Å²) in [6.45, 7) is 1.81. The van der Waals surface area contributed by atoms with Crippen LogP contribution in [-0.4, -0.2) is 11.1 Å². The van der Waals surface area contributed by atoms with E-state index in [4.69, 9.17) is 5.11 Å². The fourth-order valence-electron chi connectivity index (χ4n) is 2.14. The van der Waals surface area contributed by atoms with E-state index in [0.29, 0.717) is 16.7 Å². The van der Waals surface area contributed by atoms with Crippen molar-refractivity contribution in [2.75, 3.05) is 0 Å². The quantitative estimate of drug-likeness (QED) is 0.916. The zero-order valence-electron chi connectivity index (χ0n) is 11.2. The Bertz CT molecular complexity index is 675. The van der Waals surface area contributed by atoms with Gasteiger partial charge in [-0.1, -0.05) is 35.9 Å². The van der Waals surface area contributed by atoms with Crippen LogP contribution in [0.2, 0.25) is 0 Å². The summed E-state index contributed by atoms with van der Waals surface area (Å²) in [5.41, 5.74) is 1.49. The molecule has 0 unspecified atom stereocenters. The molecule has 0 radical (unpaired) electrons. The minimum absolute atomic E-state index is 0.230. The SMILES string of the molecule is Cc1ccc(CC(=O)O)c(-c2cccc(C(F)(F)F)c2)c1. The zero-order valence-corrected chi connectivity index (χ0v) is 11.2. The van der Waals surface area contributed by atoms with E-state index in [2.05, 4.69) is 0 Å². The number of carbonyl (C=O) groups is 1. The summed E-state index contributed by atoms with van der Waals surface area (Å²) in [7, 11) is 0. The highest BCUT2D eigenvalue weighted by Crippen LogP contribution is 2.33. The maximum absolute atomic E-state index is 12.8. The fraction of sp³-hybridized carbons (Fsp3) is 0.188.